The molecule has 0 aliphatic carbocycles. The Hall–Kier alpha value is -8.91. The monoisotopic (exact) mass is 1350 g/mol. The van der Waals surface area contributed by atoms with Gasteiger partial charge < -0.3 is 92.5 Å². The lowest BCUT2D eigenvalue weighted by Crippen LogP contribution is -2.60. The minimum atomic E-state index is -1.64. The summed E-state index contributed by atoms with van der Waals surface area (Å²) in [5.41, 5.74) is 40.6. The molecule has 2 aliphatic rings. The van der Waals surface area contributed by atoms with Gasteiger partial charge in [0.25, 0.3) is 0 Å². The van der Waals surface area contributed by atoms with E-state index < -0.39 is 169 Å². The van der Waals surface area contributed by atoms with Crippen molar-refractivity contribution in [2.24, 2.45) is 51.0 Å². The molecule has 2 aromatic carbocycles. The van der Waals surface area contributed by atoms with E-state index in [1.165, 1.54) is 21.6 Å². The van der Waals surface area contributed by atoms with E-state index in [2.05, 4.69) is 47.5 Å². The minimum Gasteiger partial charge on any atom is -0.370 e. The van der Waals surface area contributed by atoms with Gasteiger partial charge in [-0.2, -0.15) is 11.8 Å². The zero-order chi connectivity index (χ0) is 70.1. The molecule has 2 aliphatic heterocycles. The number of amides is 13. The summed E-state index contributed by atoms with van der Waals surface area (Å²) >= 11 is 1.45. The molecule has 13 amide bonds. The lowest BCUT2D eigenvalue weighted by molar-refractivity contribution is -0.144. The van der Waals surface area contributed by atoms with Crippen LogP contribution < -0.4 is 82.7 Å². The maximum atomic E-state index is 14.7. The number of guanidine groups is 1. The quantitative estimate of drug-likeness (QED) is 0.0173. The highest BCUT2D eigenvalue weighted by Crippen LogP contribution is 2.24. The molecule has 2 heterocycles. The smallest absolute Gasteiger partial charge is 0.245 e. The summed E-state index contributed by atoms with van der Waals surface area (Å²) in [4.78, 5) is 185. The first kappa shape index (κ1) is 78.5. The molecule has 1 unspecified atom stereocenters. The summed E-state index contributed by atoms with van der Waals surface area (Å²) in [6.45, 7) is 3.86. The summed E-state index contributed by atoms with van der Waals surface area (Å²) in [5, 5.41) is 21.1. The Bertz CT molecular complexity index is 2960. The van der Waals surface area contributed by atoms with Crippen LogP contribution in [0.25, 0.3) is 0 Å². The van der Waals surface area contributed by atoms with Gasteiger partial charge >= 0.3 is 0 Å². The highest BCUT2D eigenvalue weighted by molar-refractivity contribution is 7.98. The van der Waals surface area contributed by atoms with Gasteiger partial charge in [0, 0.05) is 45.3 Å². The Morgan fingerprint density at radius 1 is 0.537 bits per heavy atom. The number of thioether (sulfide) groups is 1. The summed E-state index contributed by atoms with van der Waals surface area (Å²) in [5.74, 6) is -9.80. The van der Waals surface area contributed by atoms with E-state index in [1.54, 1.807) is 60.7 Å². The predicted molar refractivity (Wildman–Crippen MR) is 356 cm³/mol. The number of carbonyl (C=O) groups is 13. The van der Waals surface area contributed by atoms with E-state index in [1.807, 2.05) is 20.1 Å². The number of nitrogens with two attached hydrogens (primary N) is 7. The van der Waals surface area contributed by atoms with Crippen molar-refractivity contribution >= 4 is 94.5 Å². The van der Waals surface area contributed by atoms with E-state index in [-0.39, 0.29) is 83.0 Å². The van der Waals surface area contributed by atoms with Gasteiger partial charge in [0.05, 0.1) is 12.6 Å². The fourth-order valence-electron chi connectivity index (χ4n) is 11.0. The minimum absolute atomic E-state index is 0.0736. The van der Waals surface area contributed by atoms with Gasteiger partial charge in [-0.05, 0) is 119 Å². The van der Waals surface area contributed by atoms with Crippen LogP contribution in [0.2, 0.25) is 0 Å². The molecule has 2 fully saturated rings. The van der Waals surface area contributed by atoms with Crippen molar-refractivity contribution in [3.8, 4) is 0 Å². The average Bonchev–Trinajstić information content (AvgIpc) is 1.74. The molecule has 10 atom stereocenters. The molecule has 32 heteroatoms. The van der Waals surface area contributed by atoms with Crippen LogP contribution in [-0.4, -0.2) is 198 Å². The topological polar surface area (TPSA) is 519 Å². The van der Waals surface area contributed by atoms with Crippen LogP contribution in [0.15, 0.2) is 65.7 Å². The van der Waals surface area contributed by atoms with E-state index in [0.29, 0.717) is 55.4 Å². The standard InChI is InChI=1S/C63H98N18O13S/c1-37(2)33-45(57(89)74-41(53(68)85)27-32-95-3)73-52(84)36-72-54(86)46(34-38-15-6-4-7-16-38)78-58(90)47(35-39-17-8-5-9-18-39)79-56(88)42(23-25-50(66)82)75-55(87)43(24-26-51(67)83)76-59(91)49-22-14-31-81(49)62(94)44(20-10-11-28-64)77-60(92)48-21-13-30-80(48)61(93)40(65)19-12-29-71-63(69)70/h4-9,15-18,37,40-49H,10-14,19-36,64-65H2,1-3H3,(H2,66,82)(H2,67,83)(H2,68,85)(H,72,86)(H,73,84)(H,74,89)(H,75,87)(H,76,91)(H,77,92)(H,78,90)(H,79,88)(H4,69,70,71)/t40-,41-,42?,43-,44-,45-,46-,47-,48-,49-/m0/s1. The Morgan fingerprint density at radius 2 is 1.01 bits per heavy atom. The molecule has 22 N–H and O–H groups in total. The molecule has 2 saturated heterocycles. The molecule has 2 aromatic rings. The summed E-state index contributed by atoms with van der Waals surface area (Å²) < 4.78 is 0. The molecular formula is C63H98N18O13S. The van der Waals surface area contributed by atoms with Gasteiger partial charge in [-0.3, -0.25) is 67.3 Å². The van der Waals surface area contributed by atoms with Crippen molar-refractivity contribution in [2.75, 3.05) is 44.7 Å². The second-order valence-corrected chi connectivity index (χ2v) is 25.1. The van der Waals surface area contributed by atoms with Gasteiger partial charge in [0.1, 0.15) is 54.4 Å². The van der Waals surface area contributed by atoms with Crippen LogP contribution in [0, 0.1) is 5.92 Å². The number of unbranched alkanes of at least 4 members (excludes halogenated alkanes) is 1. The Labute approximate surface area is 558 Å². The number of hydrogen-bond acceptors (Lipinski definition) is 17. The van der Waals surface area contributed by atoms with E-state index in [4.69, 9.17) is 40.1 Å². The maximum absolute atomic E-state index is 14.7. The molecule has 95 heavy (non-hydrogen) atoms. The molecular weight excluding hydrogens is 1250 g/mol. The molecule has 4 rings (SSSR count). The van der Waals surface area contributed by atoms with Crippen molar-refractivity contribution < 1.29 is 62.3 Å². The molecule has 0 saturated carbocycles. The third-order valence-corrected chi connectivity index (χ3v) is 16.7. The van der Waals surface area contributed by atoms with E-state index in [0.717, 1.165) is 0 Å². The first-order valence-electron chi connectivity index (χ1n) is 32.2. The zero-order valence-corrected chi connectivity index (χ0v) is 55.3. The number of carbonyl (C=O) groups excluding carboxylic acids is 13. The first-order chi connectivity index (χ1) is 45.2. The van der Waals surface area contributed by atoms with Gasteiger partial charge in [-0.15, -0.1) is 0 Å². The molecule has 0 aromatic heterocycles. The number of nitrogens with one attached hydrogen (secondary N) is 8. The molecule has 0 radical (unpaired) electrons. The number of rotatable bonds is 42. The second kappa shape index (κ2) is 41.0. The SMILES string of the molecule is CSCC[C@H](NC(=O)[C@H](CC(C)C)NC(=O)CNC(=O)[C@H](Cc1ccccc1)NC(=O)[C@H](Cc1ccccc1)NC(=O)C(CCC(N)=O)NC(=O)[C@H](CCC(N)=O)NC(=O)[C@@H]1CCCN1C(=O)[C@H](CCCCN)NC(=O)[C@@H]1CCCN1C(=O)[C@@H](N)CCCN=C(N)N)C(N)=O. The Balaban J connectivity index is 1.56. The van der Waals surface area contributed by atoms with Crippen LogP contribution in [-0.2, 0) is 75.2 Å². The number of nitrogens with zero attached hydrogens (tertiary/aromatic N) is 3. The van der Waals surface area contributed by atoms with Crippen molar-refractivity contribution in [1.82, 2.24) is 52.3 Å². The van der Waals surface area contributed by atoms with Gasteiger partial charge in [-0.1, -0.05) is 74.5 Å². The Kier molecular flexibility index (Phi) is 33.9. The normalized spacial score (nSPS) is 16.8. The average molecular weight is 1350 g/mol. The van der Waals surface area contributed by atoms with Crippen LogP contribution in [0.3, 0.4) is 0 Å². The summed E-state index contributed by atoms with van der Waals surface area (Å²) in [6, 6.07) is 4.51. The lowest BCUT2D eigenvalue weighted by atomic mass is 10.0. The maximum Gasteiger partial charge on any atom is 0.245 e. The van der Waals surface area contributed by atoms with Gasteiger partial charge in [0.2, 0.25) is 76.8 Å². The largest absolute Gasteiger partial charge is 0.370 e. The van der Waals surface area contributed by atoms with E-state index >= 15 is 0 Å². The lowest BCUT2D eigenvalue weighted by Gasteiger charge is -2.32. The van der Waals surface area contributed by atoms with Crippen LogP contribution in [0.1, 0.15) is 121 Å². The van der Waals surface area contributed by atoms with Crippen molar-refractivity contribution in [1.29, 1.82) is 0 Å². The first-order valence-corrected chi connectivity index (χ1v) is 33.6. The predicted octanol–water partition coefficient (Wildman–Crippen LogP) is -3.71. The van der Waals surface area contributed by atoms with Crippen molar-refractivity contribution in [3.05, 3.63) is 71.8 Å². The third kappa shape index (κ3) is 27.5. The highest BCUT2D eigenvalue weighted by Gasteiger charge is 2.42. The number of likely N-dealkylation sites (tertiary alicyclic amines) is 2. The van der Waals surface area contributed by atoms with Crippen molar-refractivity contribution in [2.45, 2.75) is 183 Å². The van der Waals surface area contributed by atoms with Crippen LogP contribution in [0.5, 0.6) is 0 Å². The summed E-state index contributed by atoms with van der Waals surface area (Å²) in [6.07, 6.45) is 3.12. The van der Waals surface area contributed by atoms with Crippen LogP contribution in [0.4, 0.5) is 0 Å². The number of benzene rings is 2. The second-order valence-electron chi connectivity index (χ2n) is 24.1. The van der Waals surface area contributed by atoms with Crippen molar-refractivity contribution in [3.63, 3.8) is 0 Å². The number of hydrogen-bond donors (Lipinski definition) is 15. The van der Waals surface area contributed by atoms with Gasteiger partial charge in [0.15, 0.2) is 5.96 Å². The molecule has 524 valence electrons. The summed E-state index contributed by atoms with van der Waals surface area (Å²) in [7, 11) is 0. The fraction of sp³-hybridized carbons (Fsp3) is 0.587. The van der Waals surface area contributed by atoms with Gasteiger partial charge in [-0.25, -0.2) is 0 Å². The number of primary amides is 3. The number of aliphatic imine (C=N–C) groups is 1. The highest BCUT2D eigenvalue weighted by atomic mass is 32.2. The Morgan fingerprint density at radius 3 is 1.51 bits per heavy atom. The molecule has 31 nitrogen and oxygen atoms in total. The molecule has 0 spiro atoms. The molecule has 0 bridgehead atoms. The van der Waals surface area contributed by atoms with Crippen LogP contribution >= 0.6 is 11.8 Å². The third-order valence-electron chi connectivity index (χ3n) is 16.0. The zero-order valence-electron chi connectivity index (χ0n) is 54.5. The van der Waals surface area contributed by atoms with E-state index in [9.17, 15) is 62.3 Å². The fourth-order valence-corrected chi connectivity index (χ4v) is 11.5.